The Morgan fingerprint density at radius 2 is 1.53 bits per heavy atom. The van der Waals surface area contributed by atoms with Crippen molar-refractivity contribution >= 4 is 38.9 Å². The molecule has 8 nitrogen and oxygen atoms in total. The van der Waals surface area contributed by atoms with Gasteiger partial charge in [0.2, 0.25) is 10.0 Å². The number of hydrogen-bond acceptors (Lipinski definition) is 5. The smallest absolute Gasteiger partial charge is 0.262 e. The highest BCUT2D eigenvalue weighted by Gasteiger charge is 2.15. The second-order valence-corrected chi connectivity index (χ2v) is 9.11. The van der Waals surface area contributed by atoms with Crippen molar-refractivity contribution < 1.29 is 27.1 Å². The average Bonchev–Trinajstić information content (AvgIpc) is 2.80. The van der Waals surface area contributed by atoms with Crippen molar-refractivity contribution in [2.24, 2.45) is 0 Å². The van der Waals surface area contributed by atoms with Crippen molar-refractivity contribution in [1.29, 1.82) is 0 Å². The summed E-state index contributed by atoms with van der Waals surface area (Å²) >= 11 is 0. The Morgan fingerprint density at radius 1 is 0.882 bits per heavy atom. The van der Waals surface area contributed by atoms with Crippen LogP contribution in [0.3, 0.4) is 0 Å². The van der Waals surface area contributed by atoms with Crippen LogP contribution in [0.15, 0.2) is 72.8 Å². The lowest BCUT2D eigenvalue weighted by Crippen LogP contribution is -2.22. The Labute approximate surface area is 197 Å². The summed E-state index contributed by atoms with van der Waals surface area (Å²) in [7, 11) is -3.41. The van der Waals surface area contributed by atoms with Gasteiger partial charge in [0.15, 0.2) is 6.61 Å². The fraction of sp³-hybridized carbons (Fsp3) is 0.167. The lowest BCUT2D eigenvalue weighted by molar-refractivity contribution is -0.118. The molecule has 178 valence electrons. The normalized spacial score (nSPS) is 10.9. The number of hydrogen-bond donors (Lipinski definition) is 3. The van der Waals surface area contributed by atoms with E-state index >= 15 is 0 Å². The molecule has 0 saturated heterocycles. The summed E-state index contributed by atoms with van der Waals surface area (Å²) in [4.78, 5) is 24.9. The molecule has 0 saturated carbocycles. The number of para-hydroxylation sites is 2. The highest BCUT2D eigenvalue weighted by Crippen LogP contribution is 2.21. The molecule has 2 amide bonds. The van der Waals surface area contributed by atoms with E-state index in [0.717, 1.165) is 0 Å². The zero-order valence-corrected chi connectivity index (χ0v) is 19.2. The van der Waals surface area contributed by atoms with Crippen molar-refractivity contribution in [3.05, 3.63) is 84.2 Å². The average molecular weight is 486 g/mol. The summed E-state index contributed by atoms with van der Waals surface area (Å²) in [5, 5.41) is 5.11. The van der Waals surface area contributed by atoms with Crippen LogP contribution in [0, 0.1) is 5.82 Å². The second kappa shape index (κ2) is 11.3. The molecule has 0 aromatic heterocycles. The quantitative estimate of drug-likeness (QED) is 0.397. The highest BCUT2D eigenvalue weighted by molar-refractivity contribution is 7.92. The van der Waals surface area contributed by atoms with Gasteiger partial charge in [0.1, 0.15) is 11.6 Å². The Hall–Kier alpha value is -3.92. The molecular formula is C24H24FN3O5S. The van der Waals surface area contributed by atoms with E-state index in [2.05, 4.69) is 15.4 Å². The molecule has 3 aromatic carbocycles. The summed E-state index contributed by atoms with van der Waals surface area (Å²) < 4.78 is 45.4. The number of benzene rings is 3. The number of rotatable bonds is 10. The summed E-state index contributed by atoms with van der Waals surface area (Å²) in [6.45, 7) is 1.35. The van der Waals surface area contributed by atoms with Crippen molar-refractivity contribution in [1.82, 2.24) is 0 Å². The topological polar surface area (TPSA) is 114 Å². The number of halogens is 1. The predicted molar refractivity (Wildman–Crippen MR) is 129 cm³/mol. The third kappa shape index (κ3) is 7.04. The summed E-state index contributed by atoms with van der Waals surface area (Å²) in [6, 6.07) is 18.3. The Morgan fingerprint density at radius 3 is 2.24 bits per heavy atom. The van der Waals surface area contributed by atoms with Crippen LogP contribution in [0.4, 0.5) is 21.5 Å². The molecule has 0 spiro atoms. The van der Waals surface area contributed by atoms with Crippen LogP contribution in [-0.2, 0) is 14.8 Å². The van der Waals surface area contributed by atoms with Gasteiger partial charge < -0.3 is 15.4 Å². The predicted octanol–water partition coefficient (Wildman–Crippen LogP) is 4.25. The lowest BCUT2D eigenvalue weighted by atomic mass is 10.2. The molecule has 0 heterocycles. The molecule has 3 N–H and O–H groups in total. The first kappa shape index (κ1) is 24.7. The van der Waals surface area contributed by atoms with Gasteiger partial charge in [0.25, 0.3) is 11.8 Å². The van der Waals surface area contributed by atoms with E-state index in [9.17, 15) is 22.4 Å². The molecule has 3 aromatic rings. The first-order valence-corrected chi connectivity index (χ1v) is 12.1. The highest BCUT2D eigenvalue weighted by atomic mass is 32.2. The van der Waals surface area contributed by atoms with E-state index in [-0.39, 0.29) is 22.8 Å². The zero-order valence-electron chi connectivity index (χ0n) is 18.4. The van der Waals surface area contributed by atoms with Gasteiger partial charge in [-0.3, -0.25) is 14.3 Å². The molecule has 0 unspecified atom stereocenters. The molecule has 0 fully saturated rings. The SMILES string of the molecule is CCCS(=O)(=O)Nc1ccc(NC(=O)c2ccccc2OCC(=O)Nc2ccccc2F)cc1. The van der Waals surface area contributed by atoms with Gasteiger partial charge in [0.05, 0.1) is 17.0 Å². The third-order valence-corrected chi connectivity index (χ3v) is 6.02. The molecule has 34 heavy (non-hydrogen) atoms. The molecular weight excluding hydrogens is 461 g/mol. The molecule has 3 rings (SSSR count). The molecule has 0 atom stereocenters. The second-order valence-electron chi connectivity index (χ2n) is 7.27. The van der Waals surface area contributed by atoms with Crippen LogP contribution < -0.4 is 20.1 Å². The van der Waals surface area contributed by atoms with E-state index in [1.807, 2.05) is 0 Å². The van der Waals surface area contributed by atoms with E-state index in [1.54, 1.807) is 37.3 Å². The third-order valence-electron chi connectivity index (χ3n) is 4.53. The number of nitrogens with one attached hydrogen (secondary N) is 3. The molecule has 0 aliphatic carbocycles. The standard InChI is InChI=1S/C24H24FN3O5S/c1-2-15-34(31,32)28-18-13-11-17(12-14-18)26-24(30)19-7-3-6-10-22(19)33-16-23(29)27-21-9-5-4-8-20(21)25/h3-14,28H,2,15-16H2,1H3,(H,26,30)(H,27,29). The van der Waals surface area contributed by atoms with Crippen LogP contribution in [0.2, 0.25) is 0 Å². The van der Waals surface area contributed by atoms with E-state index in [1.165, 1.54) is 42.5 Å². The Balaban J connectivity index is 1.62. The van der Waals surface area contributed by atoms with Gasteiger partial charge in [-0.2, -0.15) is 0 Å². The van der Waals surface area contributed by atoms with Crippen LogP contribution in [0.25, 0.3) is 0 Å². The maximum absolute atomic E-state index is 13.7. The van der Waals surface area contributed by atoms with Gasteiger partial charge in [-0.1, -0.05) is 31.2 Å². The fourth-order valence-corrected chi connectivity index (χ4v) is 4.13. The van der Waals surface area contributed by atoms with Crippen molar-refractivity contribution in [2.75, 3.05) is 27.7 Å². The first-order chi connectivity index (χ1) is 16.3. The summed E-state index contributed by atoms with van der Waals surface area (Å²) in [5.41, 5.74) is 1.04. The number of ether oxygens (including phenoxy) is 1. The Bertz CT molecular complexity index is 1260. The van der Waals surface area contributed by atoms with Crippen LogP contribution in [0.1, 0.15) is 23.7 Å². The van der Waals surface area contributed by atoms with Crippen molar-refractivity contribution in [3.63, 3.8) is 0 Å². The number of anilines is 3. The lowest BCUT2D eigenvalue weighted by Gasteiger charge is -2.13. The number of carbonyl (C=O) groups is 2. The minimum absolute atomic E-state index is 0.0145. The Kier molecular flexibility index (Phi) is 8.20. The van der Waals surface area contributed by atoms with Crippen LogP contribution in [0.5, 0.6) is 5.75 Å². The van der Waals surface area contributed by atoms with Crippen molar-refractivity contribution in [2.45, 2.75) is 13.3 Å². The maximum atomic E-state index is 13.7. The molecule has 0 aliphatic rings. The van der Waals surface area contributed by atoms with Crippen LogP contribution >= 0.6 is 0 Å². The number of amides is 2. The largest absolute Gasteiger partial charge is 0.483 e. The molecule has 0 bridgehead atoms. The van der Waals surface area contributed by atoms with Gasteiger partial charge in [-0.25, -0.2) is 12.8 Å². The number of carbonyl (C=O) groups excluding carboxylic acids is 2. The molecule has 10 heteroatoms. The monoisotopic (exact) mass is 485 g/mol. The summed E-state index contributed by atoms with van der Waals surface area (Å²) in [5.74, 6) is -1.45. The number of sulfonamides is 1. The maximum Gasteiger partial charge on any atom is 0.262 e. The van der Waals surface area contributed by atoms with Crippen molar-refractivity contribution in [3.8, 4) is 5.75 Å². The fourth-order valence-electron chi connectivity index (χ4n) is 2.99. The summed E-state index contributed by atoms with van der Waals surface area (Å²) in [6.07, 6.45) is 0.496. The molecule has 0 aliphatic heterocycles. The van der Waals surface area contributed by atoms with Gasteiger partial charge in [0, 0.05) is 11.4 Å². The van der Waals surface area contributed by atoms with Crippen LogP contribution in [-0.4, -0.2) is 32.6 Å². The van der Waals surface area contributed by atoms with Gasteiger partial charge in [-0.05, 0) is 55.0 Å². The zero-order chi connectivity index (χ0) is 24.6. The van der Waals surface area contributed by atoms with E-state index < -0.39 is 34.3 Å². The van der Waals surface area contributed by atoms with E-state index in [4.69, 9.17) is 4.74 Å². The minimum Gasteiger partial charge on any atom is -0.483 e. The van der Waals surface area contributed by atoms with E-state index in [0.29, 0.717) is 17.8 Å². The minimum atomic E-state index is -3.41. The van der Waals surface area contributed by atoms with Gasteiger partial charge >= 0.3 is 0 Å². The molecule has 0 radical (unpaired) electrons. The van der Waals surface area contributed by atoms with Gasteiger partial charge in [-0.15, -0.1) is 0 Å². The first-order valence-electron chi connectivity index (χ1n) is 10.5.